The van der Waals surface area contributed by atoms with Gasteiger partial charge >= 0.3 is 5.69 Å². The topological polar surface area (TPSA) is 103 Å². The molecule has 1 saturated heterocycles. The van der Waals surface area contributed by atoms with Crippen molar-refractivity contribution in [2.75, 3.05) is 13.2 Å². The van der Waals surface area contributed by atoms with Crippen molar-refractivity contribution in [1.82, 2.24) is 9.55 Å². The van der Waals surface area contributed by atoms with Crippen LogP contribution in [0.4, 0.5) is 0 Å². The van der Waals surface area contributed by atoms with Crippen LogP contribution >= 0.6 is 0 Å². The monoisotopic (exact) mass is 520 g/mol. The minimum atomic E-state index is -2.91. The smallest absolute Gasteiger partial charge is 0.330 e. The zero-order valence-electron chi connectivity index (χ0n) is 21.2. The molecule has 2 N–H and O–H groups in total. The zero-order valence-corrected chi connectivity index (χ0v) is 22.2. The quantitative estimate of drug-likeness (QED) is 0.379. The molecule has 2 aliphatic heterocycles. The normalized spacial score (nSPS) is 25.7. The average molecular weight is 521 g/mol. The van der Waals surface area contributed by atoms with Gasteiger partial charge in [0.25, 0.3) is 13.9 Å². The first-order valence-electron chi connectivity index (χ1n) is 12.4. The van der Waals surface area contributed by atoms with Gasteiger partial charge in [-0.05, 0) is 21.5 Å². The summed E-state index contributed by atoms with van der Waals surface area (Å²) >= 11 is 0. The fraction of sp³-hybridized carbons (Fsp3) is 0.357. The summed E-state index contributed by atoms with van der Waals surface area (Å²) in [6.45, 7) is 6.98. The Morgan fingerprint density at radius 1 is 1.05 bits per heavy atom. The number of benzene rings is 2. The molecular formula is C28H32N2O6Si. The van der Waals surface area contributed by atoms with E-state index >= 15 is 0 Å². The number of hydrogen-bond donors (Lipinski definition) is 2. The third kappa shape index (κ3) is 4.36. The largest absolute Gasteiger partial charge is 0.404 e. The Kier molecular flexibility index (Phi) is 6.67. The Bertz CT molecular complexity index is 1340. The van der Waals surface area contributed by atoms with Gasteiger partial charge in [0.2, 0.25) is 0 Å². The maximum absolute atomic E-state index is 12.5. The van der Waals surface area contributed by atoms with Gasteiger partial charge < -0.3 is 19.0 Å². The molecule has 0 unspecified atom stereocenters. The van der Waals surface area contributed by atoms with Gasteiger partial charge in [0.1, 0.15) is 17.8 Å². The number of aromatic nitrogens is 2. The first kappa shape index (κ1) is 25.6. The van der Waals surface area contributed by atoms with E-state index in [2.05, 4.69) is 50.0 Å². The number of ether oxygens (including phenoxy) is 2. The molecule has 0 bridgehead atoms. The second-order valence-corrected chi connectivity index (χ2v) is 14.9. The number of aliphatic hydroxyl groups excluding tert-OH is 1. The fourth-order valence-corrected chi connectivity index (χ4v) is 10.2. The van der Waals surface area contributed by atoms with E-state index in [9.17, 15) is 14.7 Å². The zero-order chi connectivity index (χ0) is 26.3. The van der Waals surface area contributed by atoms with Gasteiger partial charge in [0, 0.05) is 12.3 Å². The van der Waals surface area contributed by atoms with E-state index < -0.39 is 43.6 Å². The molecule has 1 fully saturated rings. The molecule has 5 rings (SSSR count). The van der Waals surface area contributed by atoms with Gasteiger partial charge in [0.05, 0.1) is 13.2 Å². The van der Waals surface area contributed by atoms with Crippen LogP contribution in [0, 0.1) is 0 Å². The highest BCUT2D eigenvalue weighted by molar-refractivity contribution is 6.99. The van der Waals surface area contributed by atoms with E-state index in [1.807, 2.05) is 48.6 Å². The lowest BCUT2D eigenvalue weighted by atomic mass is 9.93. The lowest BCUT2D eigenvalue weighted by Gasteiger charge is -2.45. The number of fused-ring (bicyclic) bond motifs is 1. The summed E-state index contributed by atoms with van der Waals surface area (Å²) in [7, 11) is -2.91. The van der Waals surface area contributed by atoms with Crippen LogP contribution in [-0.2, 0) is 13.9 Å². The first-order valence-corrected chi connectivity index (χ1v) is 14.3. The van der Waals surface area contributed by atoms with Gasteiger partial charge in [-0.1, -0.05) is 87.5 Å². The van der Waals surface area contributed by atoms with Crippen LogP contribution in [0.1, 0.15) is 27.0 Å². The first-order chi connectivity index (χ1) is 17.7. The van der Waals surface area contributed by atoms with E-state index in [4.69, 9.17) is 13.9 Å². The predicted molar refractivity (Wildman–Crippen MR) is 143 cm³/mol. The molecular weight excluding hydrogens is 488 g/mol. The van der Waals surface area contributed by atoms with E-state index in [0.717, 1.165) is 10.4 Å². The molecule has 0 radical (unpaired) electrons. The van der Waals surface area contributed by atoms with Crippen molar-refractivity contribution in [3.63, 3.8) is 0 Å². The molecule has 8 nitrogen and oxygen atoms in total. The Morgan fingerprint density at radius 2 is 1.68 bits per heavy atom. The molecule has 0 amide bonds. The summed E-state index contributed by atoms with van der Waals surface area (Å²) in [4.78, 5) is 26.4. The summed E-state index contributed by atoms with van der Waals surface area (Å²) in [6.07, 6.45) is 2.07. The number of H-pyrrole nitrogens is 1. The fourth-order valence-electron chi connectivity index (χ4n) is 5.58. The number of aromatic amines is 1. The van der Waals surface area contributed by atoms with E-state index in [-0.39, 0.29) is 11.6 Å². The van der Waals surface area contributed by atoms with Gasteiger partial charge in [-0.25, -0.2) is 4.79 Å². The maximum atomic E-state index is 12.5. The van der Waals surface area contributed by atoms with Crippen molar-refractivity contribution in [3.05, 3.63) is 106 Å². The summed E-state index contributed by atoms with van der Waals surface area (Å²) in [5.41, 5.74) is -2.32. The lowest BCUT2D eigenvalue weighted by Crippen LogP contribution is -2.68. The average Bonchev–Trinajstić information content (AvgIpc) is 3.17. The second-order valence-electron chi connectivity index (χ2n) is 10.6. The molecule has 1 aromatic heterocycles. The van der Waals surface area contributed by atoms with Crippen LogP contribution in [0.3, 0.4) is 0 Å². The highest BCUT2D eigenvalue weighted by Gasteiger charge is 2.59. The van der Waals surface area contributed by atoms with E-state index in [1.165, 1.54) is 16.8 Å². The Morgan fingerprint density at radius 3 is 2.24 bits per heavy atom. The van der Waals surface area contributed by atoms with Crippen molar-refractivity contribution in [3.8, 4) is 0 Å². The van der Waals surface area contributed by atoms with E-state index in [0.29, 0.717) is 6.61 Å². The third-order valence-electron chi connectivity index (χ3n) is 7.25. The molecule has 2 aliphatic rings. The predicted octanol–water partition coefficient (Wildman–Crippen LogP) is 1.70. The van der Waals surface area contributed by atoms with Crippen molar-refractivity contribution in [2.45, 2.75) is 49.8 Å². The highest BCUT2D eigenvalue weighted by atomic mass is 28.4. The van der Waals surface area contributed by atoms with Gasteiger partial charge in [-0.2, -0.15) is 0 Å². The van der Waals surface area contributed by atoms with Crippen molar-refractivity contribution >= 4 is 18.7 Å². The molecule has 0 spiro atoms. The number of hydrogen-bond acceptors (Lipinski definition) is 6. The summed E-state index contributed by atoms with van der Waals surface area (Å²) in [6, 6.07) is 21.7. The summed E-state index contributed by atoms with van der Waals surface area (Å²) in [5.74, 6) is 0. The van der Waals surface area contributed by atoms with Crippen LogP contribution in [0.2, 0.25) is 5.04 Å². The third-order valence-corrected chi connectivity index (χ3v) is 12.2. The number of rotatable bonds is 6. The van der Waals surface area contributed by atoms with Crippen LogP contribution in [0.25, 0.3) is 0 Å². The molecule has 2 aromatic carbocycles. The Hall–Kier alpha value is -3.08. The van der Waals surface area contributed by atoms with Crippen molar-refractivity contribution < 1.29 is 19.0 Å². The van der Waals surface area contributed by atoms with Crippen molar-refractivity contribution in [2.24, 2.45) is 0 Å². The second kappa shape index (κ2) is 9.66. The van der Waals surface area contributed by atoms with Gasteiger partial charge in [0.15, 0.2) is 6.23 Å². The van der Waals surface area contributed by atoms with Crippen LogP contribution < -0.4 is 21.6 Å². The number of aliphatic hydroxyl groups is 1. The van der Waals surface area contributed by atoms with Crippen LogP contribution in [0.15, 0.2) is 94.7 Å². The minimum absolute atomic E-state index is 0.104. The summed E-state index contributed by atoms with van der Waals surface area (Å²) < 4.78 is 20.7. The highest BCUT2D eigenvalue weighted by Crippen LogP contribution is 2.44. The van der Waals surface area contributed by atoms with Gasteiger partial charge in [-0.3, -0.25) is 14.3 Å². The Labute approximate surface area is 216 Å². The molecule has 194 valence electrons. The van der Waals surface area contributed by atoms with Crippen molar-refractivity contribution in [1.29, 1.82) is 0 Å². The minimum Gasteiger partial charge on any atom is -0.404 e. The SMILES string of the molecule is CC(C)(C)[Si](OC[C@]12C=CCO[C@H]1[C@@H](O)[C@H](n1ccc(=O)[nH]c1=O)O2)(c1ccccc1)c1ccccc1. The number of nitrogens with zero attached hydrogens (tertiary/aromatic N) is 1. The molecule has 3 aromatic rings. The lowest BCUT2D eigenvalue weighted by molar-refractivity contribution is -0.112. The van der Waals surface area contributed by atoms with E-state index in [1.54, 1.807) is 0 Å². The number of nitrogens with one attached hydrogen (secondary N) is 1. The molecule has 4 atom stereocenters. The molecule has 3 heterocycles. The maximum Gasteiger partial charge on any atom is 0.330 e. The molecule has 0 saturated carbocycles. The van der Waals surface area contributed by atoms with Gasteiger partial charge in [-0.15, -0.1) is 0 Å². The Balaban J connectivity index is 1.58. The standard InChI is InChI=1S/C28H32N2O6Si/c1-27(2,3)37(20-11-6-4-7-12-20,21-13-8-5-9-14-21)35-19-28-16-10-18-34-24(28)23(32)25(36-28)30-17-15-22(31)29-26(30)33/h4-17,23-25,32H,18-19H2,1-3H3,(H,29,31,33)/t23-,24+,25-,28-/m1/s1. The molecule has 0 aliphatic carbocycles. The van der Waals surface area contributed by atoms with Crippen LogP contribution in [-0.4, -0.2) is 54.0 Å². The molecule has 9 heteroatoms. The van der Waals surface area contributed by atoms with Crippen LogP contribution in [0.5, 0.6) is 0 Å². The molecule has 37 heavy (non-hydrogen) atoms. The summed E-state index contributed by atoms with van der Waals surface area (Å²) in [5, 5.41) is 13.2.